The maximum Gasteiger partial charge on any atom is 0.446 e. The molecular weight excluding hydrogens is 263 g/mol. The smallest absolute Gasteiger partial charge is 0.383 e. The molecule has 1 N–H and O–H groups in total. The van der Waals surface area contributed by atoms with E-state index in [0.717, 1.165) is 5.56 Å². The normalized spacial score (nSPS) is 13.6. The second-order valence-corrected chi connectivity index (χ2v) is 5.07. The Morgan fingerprint density at radius 1 is 1.28 bits per heavy atom. The van der Waals surface area contributed by atoms with E-state index < -0.39 is 5.51 Å². The second kappa shape index (κ2) is 7.01. The average molecular weight is 279 g/mol. The zero-order valence-electron chi connectivity index (χ0n) is 10.3. The fourth-order valence-corrected chi connectivity index (χ4v) is 1.95. The maximum absolute atomic E-state index is 12.1. The topological polar surface area (TPSA) is 21.3 Å². The van der Waals surface area contributed by atoms with E-state index in [1.54, 1.807) is 19.2 Å². The molecule has 1 rings (SSSR count). The van der Waals surface area contributed by atoms with Crippen LogP contribution in [0.4, 0.5) is 13.2 Å². The summed E-state index contributed by atoms with van der Waals surface area (Å²) in [5.74, 6) is 0. The van der Waals surface area contributed by atoms with Crippen LogP contribution in [0.2, 0.25) is 0 Å². The molecule has 6 heteroatoms. The molecule has 0 saturated carbocycles. The van der Waals surface area contributed by atoms with E-state index in [-0.39, 0.29) is 22.7 Å². The molecule has 0 aliphatic rings. The third-order valence-corrected chi connectivity index (χ3v) is 2.97. The zero-order valence-corrected chi connectivity index (χ0v) is 11.1. The molecule has 0 amide bonds. The molecule has 0 spiro atoms. The highest BCUT2D eigenvalue weighted by Crippen LogP contribution is 2.36. The van der Waals surface area contributed by atoms with Gasteiger partial charge >= 0.3 is 5.51 Å². The summed E-state index contributed by atoms with van der Waals surface area (Å²) in [6.07, 6.45) is 0. The fraction of sp³-hybridized carbons (Fsp3) is 0.500. The van der Waals surface area contributed by atoms with Crippen molar-refractivity contribution in [3.63, 3.8) is 0 Å². The quantitative estimate of drug-likeness (QED) is 0.806. The number of hydrogen-bond donors (Lipinski definition) is 1. The summed E-state index contributed by atoms with van der Waals surface area (Å²) in [7, 11) is 1.63. The lowest BCUT2D eigenvalue weighted by Gasteiger charge is -2.13. The predicted molar refractivity (Wildman–Crippen MR) is 66.5 cm³/mol. The summed E-state index contributed by atoms with van der Waals surface area (Å²) in [5, 5.41) is 3.21. The Balaban J connectivity index is 2.45. The first-order valence-corrected chi connectivity index (χ1v) is 6.29. The third-order valence-electron chi connectivity index (χ3n) is 2.23. The van der Waals surface area contributed by atoms with Crippen LogP contribution in [-0.2, 0) is 11.3 Å². The summed E-state index contributed by atoms with van der Waals surface area (Å²) in [6.45, 7) is 3.20. The molecule has 1 atom stereocenters. The molecular formula is C12H16F3NOS. The Morgan fingerprint density at radius 3 is 2.39 bits per heavy atom. The summed E-state index contributed by atoms with van der Waals surface area (Å²) >= 11 is -0.0984. The number of halogens is 3. The number of hydrogen-bond acceptors (Lipinski definition) is 3. The van der Waals surface area contributed by atoms with Crippen molar-refractivity contribution in [1.82, 2.24) is 5.32 Å². The van der Waals surface area contributed by atoms with Gasteiger partial charge in [-0.05, 0) is 36.4 Å². The minimum atomic E-state index is -4.23. The Morgan fingerprint density at radius 2 is 1.89 bits per heavy atom. The molecule has 0 saturated heterocycles. The number of thioether (sulfide) groups is 1. The van der Waals surface area contributed by atoms with Crippen LogP contribution in [0.5, 0.6) is 0 Å². The van der Waals surface area contributed by atoms with Crippen LogP contribution in [0.1, 0.15) is 12.5 Å². The molecule has 2 nitrogen and oxygen atoms in total. The van der Waals surface area contributed by atoms with Crippen LogP contribution in [0.15, 0.2) is 29.2 Å². The predicted octanol–water partition coefficient (Wildman–Crippen LogP) is 3.42. The summed E-state index contributed by atoms with van der Waals surface area (Å²) in [6, 6.07) is 6.56. The van der Waals surface area contributed by atoms with Gasteiger partial charge in [-0.15, -0.1) is 0 Å². The van der Waals surface area contributed by atoms with Gasteiger partial charge in [0, 0.05) is 24.6 Å². The van der Waals surface area contributed by atoms with Gasteiger partial charge in [0.1, 0.15) is 0 Å². The largest absolute Gasteiger partial charge is 0.446 e. The van der Waals surface area contributed by atoms with Crippen LogP contribution in [0, 0.1) is 0 Å². The van der Waals surface area contributed by atoms with Crippen molar-refractivity contribution in [1.29, 1.82) is 0 Å². The molecule has 0 aliphatic heterocycles. The van der Waals surface area contributed by atoms with Gasteiger partial charge in [-0.2, -0.15) is 13.2 Å². The lowest BCUT2D eigenvalue weighted by Crippen LogP contribution is -2.29. The molecule has 0 radical (unpaired) electrons. The lowest BCUT2D eigenvalue weighted by atomic mass is 10.2. The Hall–Kier alpha value is -0.720. The van der Waals surface area contributed by atoms with E-state index in [2.05, 4.69) is 5.32 Å². The Labute approximate surface area is 109 Å². The van der Waals surface area contributed by atoms with E-state index in [1.165, 1.54) is 12.1 Å². The van der Waals surface area contributed by atoms with Crippen molar-refractivity contribution < 1.29 is 17.9 Å². The second-order valence-electron chi connectivity index (χ2n) is 3.93. The number of nitrogens with one attached hydrogen (secondary N) is 1. The van der Waals surface area contributed by atoms with Gasteiger partial charge in [-0.1, -0.05) is 12.1 Å². The molecule has 1 unspecified atom stereocenters. The van der Waals surface area contributed by atoms with Gasteiger partial charge in [0.25, 0.3) is 0 Å². The number of alkyl halides is 3. The van der Waals surface area contributed by atoms with Gasteiger partial charge < -0.3 is 10.1 Å². The van der Waals surface area contributed by atoms with E-state index in [9.17, 15) is 13.2 Å². The van der Waals surface area contributed by atoms with E-state index in [4.69, 9.17) is 4.74 Å². The molecule has 0 heterocycles. The van der Waals surface area contributed by atoms with Crippen molar-refractivity contribution in [3.05, 3.63) is 29.8 Å². The van der Waals surface area contributed by atoms with E-state index in [0.29, 0.717) is 13.2 Å². The van der Waals surface area contributed by atoms with Crippen molar-refractivity contribution >= 4 is 11.8 Å². The van der Waals surface area contributed by atoms with Crippen LogP contribution in [0.25, 0.3) is 0 Å². The van der Waals surface area contributed by atoms with Gasteiger partial charge in [0.05, 0.1) is 6.61 Å². The Kier molecular flexibility index (Phi) is 5.98. The number of rotatable bonds is 6. The molecule has 1 aromatic rings. The van der Waals surface area contributed by atoms with Gasteiger partial charge in [-0.3, -0.25) is 0 Å². The first-order valence-electron chi connectivity index (χ1n) is 5.47. The van der Waals surface area contributed by atoms with Crippen LogP contribution in [0.3, 0.4) is 0 Å². The van der Waals surface area contributed by atoms with Gasteiger partial charge in [-0.25, -0.2) is 0 Å². The van der Waals surface area contributed by atoms with Crippen LogP contribution < -0.4 is 5.32 Å². The summed E-state index contributed by atoms with van der Waals surface area (Å²) in [4.78, 5) is 0.205. The number of methoxy groups -OCH3 is 1. The SMILES string of the molecule is COCC(C)NCc1ccc(SC(F)(F)F)cc1. The summed E-state index contributed by atoms with van der Waals surface area (Å²) in [5.41, 5.74) is -3.28. The van der Waals surface area contributed by atoms with Crippen molar-refractivity contribution in [3.8, 4) is 0 Å². The highest BCUT2D eigenvalue weighted by molar-refractivity contribution is 8.00. The molecule has 0 aromatic heterocycles. The van der Waals surface area contributed by atoms with Crippen molar-refractivity contribution in [2.75, 3.05) is 13.7 Å². The highest BCUT2D eigenvalue weighted by atomic mass is 32.2. The van der Waals surface area contributed by atoms with E-state index in [1.807, 2.05) is 6.92 Å². The third kappa shape index (κ3) is 6.28. The molecule has 18 heavy (non-hydrogen) atoms. The Bertz CT molecular complexity index is 353. The standard InChI is InChI=1S/C12H16F3NOS/c1-9(8-17-2)16-7-10-3-5-11(6-4-10)18-12(13,14)15/h3-6,9,16H,7-8H2,1-2H3. The van der Waals surface area contributed by atoms with Crippen molar-refractivity contribution in [2.45, 2.75) is 29.9 Å². The number of benzene rings is 1. The number of ether oxygens (including phenoxy) is 1. The molecule has 0 aliphatic carbocycles. The molecule has 1 aromatic carbocycles. The maximum atomic E-state index is 12.1. The fourth-order valence-electron chi connectivity index (χ4n) is 1.41. The van der Waals surface area contributed by atoms with Crippen molar-refractivity contribution in [2.24, 2.45) is 0 Å². The molecule has 0 fully saturated rings. The molecule has 102 valence electrons. The monoisotopic (exact) mass is 279 g/mol. The minimum absolute atomic E-state index is 0.0984. The van der Waals surface area contributed by atoms with Crippen LogP contribution in [-0.4, -0.2) is 25.3 Å². The zero-order chi connectivity index (χ0) is 13.6. The first kappa shape index (κ1) is 15.3. The first-order chi connectivity index (χ1) is 8.40. The van der Waals surface area contributed by atoms with E-state index >= 15 is 0 Å². The van der Waals surface area contributed by atoms with Crippen LogP contribution >= 0.6 is 11.8 Å². The highest BCUT2D eigenvalue weighted by Gasteiger charge is 2.28. The lowest BCUT2D eigenvalue weighted by molar-refractivity contribution is -0.0328. The minimum Gasteiger partial charge on any atom is -0.383 e. The summed E-state index contributed by atoms with van der Waals surface area (Å²) < 4.78 is 41.3. The molecule has 0 bridgehead atoms. The average Bonchev–Trinajstić information content (AvgIpc) is 2.26. The van der Waals surface area contributed by atoms with Gasteiger partial charge in [0.2, 0.25) is 0 Å². The van der Waals surface area contributed by atoms with Gasteiger partial charge in [0.15, 0.2) is 0 Å².